The van der Waals surface area contributed by atoms with Gasteiger partial charge in [-0.1, -0.05) is 30.3 Å². The van der Waals surface area contributed by atoms with Gasteiger partial charge in [0, 0.05) is 18.3 Å². The van der Waals surface area contributed by atoms with Crippen molar-refractivity contribution < 1.29 is 13.9 Å². The van der Waals surface area contributed by atoms with Crippen LogP contribution in [0.5, 0.6) is 5.75 Å². The lowest BCUT2D eigenvalue weighted by Crippen LogP contribution is -2.17. The summed E-state index contributed by atoms with van der Waals surface area (Å²) in [6.07, 6.45) is 1.12. The van der Waals surface area contributed by atoms with Crippen molar-refractivity contribution in [1.82, 2.24) is 15.3 Å². The van der Waals surface area contributed by atoms with Crippen molar-refractivity contribution in [2.75, 3.05) is 24.8 Å². The molecule has 8 heteroatoms. The summed E-state index contributed by atoms with van der Waals surface area (Å²) < 4.78 is 20.0. The second kappa shape index (κ2) is 10.2. The Kier molecular flexibility index (Phi) is 6.91. The Hall–Kier alpha value is -4.46. The summed E-state index contributed by atoms with van der Waals surface area (Å²) in [6, 6.07) is 18.7. The van der Waals surface area contributed by atoms with Crippen LogP contribution in [0.4, 0.5) is 27.5 Å². The first-order chi connectivity index (χ1) is 16.9. The predicted octanol–water partition coefficient (Wildman–Crippen LogP) is 5.75. The highest BCUT2D eigenvalue weighted by Gasteiger charge is 2.14. The summed E-state index contributed by atoms with van der Waals surface area (Å²) in [5, 5.41) is 8.78. The molecule has 0 aliphatic heterocycles. The number of hydrogen-bond donors (Lipinski definition) is 3. The number of methoxy groups -OCH3 is 1. The van der Waals surface area contributed by atoms with Crippen LogP contribution < -0.4 is 20.7 Å². The maximum atomic E-state index is 14.4. The third-order valence-corrected chi connectivity index (χ3v) is 5.62. The summed E-state index contributed by atoms with van der Waals surface area (Å²) >= 11 is 0. The van der Waals surface area contributed by atoms with Crippen molar-refractivity contribution in [3.05, 3.63) is 89.4 Å². The van der Waals surface area contributed by atoms with Gasteiger partial charge in [-0.2, -0.15) is 4.98 Å². The molecule has 4 aromatic rings. The molecule has 3 N–H and O–H groups in total. The van der Waals surface area contributed by atoms with Gasteiger partial charge in [0.1, 0.15) is 5.75 Å². The van der Waals surface area contributed by atoms with E-state index in [0.717, 1.165) is 34.1 Å². The number of nitrogens with one attached hydrogen (secondary N) is 3. The molecule has 1 aromatic heterocycles. The summed E-state index contributed by atoms with van der Waals surface area (Å²) in [7, 11) is 3.18. The highest BCUT2D eigenvalue weighted by molar-refractivity contribution is 5.94. The zero-order valence-electron chi connectivity index (χ0n) is 19.9. The first-order valence-electron chi connectivity index (χ1n) is 11.0. The monoisotopic (exact) mass is 471 g/mol. The Balaban J connectivity index is 1.62. The minimum Gasteiger partial charge on any atom is -0.495 e. The molecule has 178 valence electrons. The molecule has 0 fully saturated rings. The molecule has 4 rings (SSSR count). The van der Waals surface area contributed by atoms with Gasteiger partial charge in [0.05, 0.1) is 19.0 Å². The Morgan fingerprint density at radius 1 is 0.943 bits per heavy atom. The number of ether oxygens (including phenoxy) is 1. The van der Waals surface area contributed by atoms with Crippen LogP contribution in [0, 0.1) is 19.7 Å². The largest absolute Gasteiger partial charge is 0.495 e. The number of anilines is 4. The quantitative estimate of drug-likeness (QED) is 0.318. The maximum Gasteiger partial charge on any atom is 0.251 e. The minimum absolute atomic E-state index is 0.0697. The molecular weight excluding hydrogens is 445 g/mol. The van der Waals surface area contributed by atoms with Crippen LogP contribution in [-0.2, 0) is 0 Å². The number of aromatic nitrogens is 2. The molecule has 0 unspecified atom stereocenters. The first-order valence-corrected chi connectivity index (χ1v) is 11.0. The summed E-state index contributed by atoms with van der Waals surface area (Å²) in [6.45, 7) is 3.91. The van der Waals surface area contributed by atoms with Gasteiger partial charge in [0.15, 0.2) is 11.6 Å². The maximum absolute atomic E-state index is 14.4. The number of aryl methyl sites for hydroxylation is 2. The third-order valence-electron chi connectivity index (χ3n) is 5.62. The molecule has 3 aromatic carbocycles. The van der Waals surface area contributed by atoms with Crippen molar-refractivity contribution in [2.24, 2.45) is 0 Å². The molecule has 0 saturated carbocycles. The van der Waals surface area contributed by atoms with Gasteiger partial charge in [-0.25, -0.2) is 9.37 Å². The topological polar surface area (TPSA) is 88.2 Å². The zero-order valence-corrected chi connectivity index (χ0v) is 19.9. The normalized spacial score (nSPS) is 10.5. The smallest absolute Gasteiger partial charge is 0.251 e. The van der Waals surface area contributed by atoms with Gasteiger partial charge in [-0.05, 0) is 66.4 Å². The van der Waals surface area contributed by atoms with E-state index in [0.29, 0.717) is 17.0 Å². The second-order valence-corrected chi connectivity index (χ2v) is 7.98. The molecule has 1 amide bonds. The van der Waals surface area contributed by atoms with E-state index < -0.39 is 5.82 Å². The lowest BCUT2D eigenvalue weighted by atomic mass is 9.98. The molecule has 1 heterocycles. The van der Waals surface area contributed by atoms with E-state index in [2.05, 4.69) is 25.9 Å². The van der Waals surface area contributed by atoms with E-state index in [1.54, 1.807) is 26.3 Å². The average Bonchev–Trinajstić information content (AvgIpc) is 2.87. The van der Waals surface area contributed by atoms with E-state index in [1.807, 2.05) is 62.4 Å². The fourth-order valence-electron chi connectivity index (χ4n) is 3.69. The van der Waals surface area contributed by atoms with Gasteiger partial charge in [-0.15, -0.1) is 0 Å². The van der Waals surface area contributed by atoms with Crippen LogP contribution in [0.1, 0.15) is 21.5 Å². The van der Waals surface area contributed by atoms with Crippen molar-refractivity contribution in [1.29, 1.82) is 0 Å². The summed E-state index contributed by atoms with van der Waals surface area (Å²) in [5.41, 5.74) is 5.83. The van der Waals surface area contributed by atoms with E-state index in [-0.39, 0.29) is 17.7 Å². The van der Waals surface area contributed by atoms with Crippen molar-refractivity contribution in [2.45, 2.75) is 13.8 Å². The molecule has 0 aliphatic carbocycles. The van der Waals surface area contributed by atoms with Crippen LogP contribution in [0.15, 0.2) is 66.9 Å². The van der Waals surface area contributed by atoms with E-state index in [9.17, 15) is 9.18 Å². The molecule has 35 heavy (non-hydrogen) atoms. The molecule has 0 spiro atoms. The Morgan fingerprint density at radius 2 is 1.69 bits per heavy atom. The van der Waals surface area contributed by atoms with Crippen molar-refractivity contribution in [3.8, 4) is 16.9 Å². The van der Waals surface area contributed by atoms with Crippen LogP contribution in [0.2, 0.25) is 0 Å². The lowest BCUT2D eigenvalue weighted by molar-refractivity contribution is 0.0963. The third kappa shape index (κ3) is 5.22. The number of nitrogens with zero attached hydrogens (tertiary/aromatic N) is 2. The highest BCUT2D eigenvalue weighted by Crippen LogP contribution is 2.35. The molecule has 0 saturated heterocycles. The fourth-order valence-corrected chi connectivity index (χ4v) is 3.69. The lowest BCUT2D eigenvalue weighted by Gasteiger charge is -2.16. The Morgan fingerprint density at radius 3 is 2.37 bits per heavy atom. The number of amides is 1. The van der Waals surface area contributed by atoms with Gasteiger partial charge in [0.2, 0.25) is 5.95 Å². The number of carbonyl (C=O) groups excluding carboxylic acids is 1. The first kappa shape index (κ1) is 23.7. The van der Waals surface area contributed by atoms with E-state index in [4.69, 9.17) is 4.74 Å². The van der Waals surface area contributed by atoms with Crippen LogP contribution in [0.3, 0.4) is 0 Å². The highest BCUT2D eigenvalue weighted by atomic mass is 19.1. The van der Waals surface area contributed by atoms with Crippen LogP contribution in [0.25, 0.3) is 11.1 Å². The molecular formula is C27H26FN5O2. The number of rotatable bonds is 7. The second-order valence-electron chi connectivity index (χ2n) is 7.98. The SMILES string of the molecule is CNC(=O)c1ccc(-c2cc(OC)c(Nc3ncc(F)c(Nc4ccccc4C)n3)cc2C)cc1. The molecule has 0 radical (unpaired) electrons. The molecule has 0 aliphatic rings. The Labute approximate surface area is 203 Å². The van der Waals surface area contributed by atoms with Gasteiger partial charge in [-0.3, -0.25) is 4.79 Å². The zero-order chi connectivity index (χ0) is 24.9. The van der Waals surface area contributed by atoms with Crippen LogP contribution in [-0.4, -0.2) is 30.0 Å². The minimum atomic E-state index is -0.558. The summed E-state index contributed by atoms with van der Waals surface area (Å²) in [5.74, 6) is 0.170. The number of carbonyl (C=O) groups is 1. The molecule has 7 nitrogen and oxygen atoms in total. The van der Waals surface area contributed by atoms with E-state index in [1.165, 1.54) is 0 Å². The molecule has 0 atom stereocenters. The number of hydrogen-bond acceptors (Lipinski definition) is 6. The van der Waals surface area contributed by atoms with Gasteiger partial charge in [0.25, 0.3) is 5.91 Å². The van der Waals surface area contributed by atoms with Crippen molar-refractivity contribution >= 4 is 29.0 Å². The molecule has 0 bridgehead atoms. The van der Waals surface area contributed by atoms with Crippen LogP contribution >= 0.6 is 0 Å². The van der Waals surface area contributed by atoms with Gasteiger partial charge < -0.3 is 20.7 Å². The fraction of sp³-hybridized carbons (Fsp3) is 0.148. The number of halogens is 1. The summed E-state index contributed by atoms with van der Waals surface area (Å²) in [4.78, 5) is 20.2. The predicted molar refractivity (Wildman–Crippen MR) is 136 cm³/mol. The number of para-hydroxylation sites is 1. The van der Waals surface area contributed by atoms with E-state index >= 15 is 0 Å². The van der Waals surface area contributed by atoms with Crippen molar-refractivity contribution in [3.63, 3.8) is 0 Å². The number of benzene rings is 3. The Bertz CT molecular complexity index is 1370. The van der Waals surface area contributed by atoms with Gasteiger partial charge >= 0.3 is 0 Å². The standard InChI is InChI=1S/C27H26FN5O2/c1-16-7-5-6-8-22(16)31-25-21(28)15-30-27(33-25)32-23-13-17(2)20(14-24(23)35-4)18-9-11-19(12-10-18)26(34)29-3/h5-15H,1-4H3,(H,29,34)(H2,30,31,32,33). The average molecular weight is 472 g/mol.